The summed E-state index contributed by atoms with van der Waals surface area (Å²) in [7, 11) is 0. The molecule has 0 saturated carbocycles. The van der Waals surface area contributed by atoms with Crippen LogP contribution in [0.3, 0.4) is 0 Å². The molecule has 1 aromatic carbocycles. The monoisotopic (exact) mass is 260 g/mol. The van der Waals surface area contributed by atoms with E-state index in [4.69, 9.17) is 5.73 Å². The van der Waals surface area contributed by atoms with Gasteiger partial charge < -0.3 is 10.6 Å². The molecule has 1 amide bonds. The predicted octanol–water partition coefficient (Wildman–Crippen LogP) is 2.50. The maximum Gasteiger partial charge on any atom is 0.223 e. The standard InChI is InChI=1S/C16H24N2O/c1-11(2)9-18-10-14(8-15(18)19)16(17)13-6-4-12(3)5-7-13/h4-7,11,14,16H,8-10,17H2,1-3H3. The van der Waals surface area contributed by atoms with E-state index in [9.17, 15) is 4.79 Å². The van der Waals surface area contributed by atoms with Gasteiger partial charge in [0, 0.05) is 31.5 Å². The molecule has 19 heavy (non-hydrogen) atoms. The number of rotatable bonds is 4. The molecule has 1 aliphatic rings. The number of hydrogen-bond acceptors (Lipinski definition) is 2. The van der Waals surface area contributed by atoms with Crippen LogP contribution in [0.25, 0.3) is 0 Å². The van der Waals surface area contributed by atoms with Crippen molar-refractivity contribution in [2.24, 2.45) is 17.6 Å². The molecule has 3 nitrogen and oxygen atoms in total. The largest absolute Gasteiger partial charge is 0.342 e. The Balaban J connectivity index is 2.03. The fourth-order valence-electron chi connectivity index (χ4n) is 2.72. The van der Waals surface area contributed by atoms with Crippen molar-refractivity contribution >= 4 is 5.91 Å². The van der Waals surface area contributed by atoms with Gasteiger partial charge in [0.25, 0.3) is 0 Å². The molecular formula is C16H24N2O. The lowest BCUT2D eigenvalue weighted by Gasteiger charge is -2.22. The Morgan fingerprint density at radius 3 is 2.53 bits per heavy atom. The molecule has 2 unspecified atom stereocenters. The van der Waals surface area contributed by atoms with E-state index in [1.807, 2.05) is 4.90 Å². The molecule has 0 bridgehead atoms. The van der Waals surface area contributed by atoms with E-state index < -0.39 is 0 Å². The van der Waals surface area contributed by atoms with E-state index in [2.05, 4.69) is 45.0 Å². The first kappa shape index (κ1) is 14.1. The van der Waals surface area contributed by atoms with Crippen LogP contribution in [0.15, 0.2) is 24.3 Å². The van der Waals surface area contributed by atoms with Crippen LogP contribution in [0.4, 0.5) is 0 Å². The van der Waals surface area contributed by atoms with Crippen molar-refractivity contribution < 1.29 is 4.79 Å². The average molecular weight is 260 g/mol. The summed E-state index contributed by atoms with van der Waals surface area (Å²) in [4.78, 5) is 13.9. The first-order valence-electron chi connectivity index (χ1n) is 7.07. The zero-order chi connectivity index (χ0) is 14.0. The zero-order valence-corrected chi connectivity index (χ0v) is 12.1. The first-order valence-corrected chi connectivity index (χ1v) is 7.07. The topological polar surface area (TPSA) is 46.3 Å². The smallest absolute Gasteiger partial charge is 0.223 e. The number of amides is 1. The maximum atomic E-state index is 12.0. The third kappa shape index (κ3) is 3.35. The van der Waals surface area contributed by atoms with Crippen molar-refractivity contribution in [3.8, 4) is 0 Å². The molecular weight excluding hydrogens is 236 g/mol. The first-order chi connectivity index (χ1) is 8.97. The summed E-state index contributed by atoms with van der Waals surface area (Å²) >= 11 is 0. The highest BCUT2D eigenvalue weighted by Crippen LogP contribution is 2.29. The quantitative estimate of drug-likeness (QED) is 0.904. The molecule has 1 fully saturated rings. The second-order valence-corrected chi connectivity index (χ2v) is 6.09. The molecule has 0 aliphatic carbocycles. The van der Waals surface area contributed by atoms with Crippen LogP contribution in [0.2, 0.25) is 0 Å². The Labute approximate surface area is 115 Å². The van der Waals surface area contributed by atoms with Crippen molar-refractivity contribution in [3.05, 3.63) is 35.4 Å². The molecule has 2 N–H and O–H groups in total. The van der Waals surface area contributed by atoms with E-state index in [1.165, 1.54) is 5.56 Å². The molecule has 0 spiro atoms. The van der Waals surface area contributed by atoms with Crippen LogP contribution in [-0.4, -0.2) is 23.9 Å². The number of hydrogen-bond donors (Lipinski definition) is 1. The average Bonchev–Trinajstić information content (AvgIpc) is 2.70. The molecule has 0 aromatic heterocycles. The van der Waals surface area contributed by atoms with Crippen LogP contribution in [-0.2, 0) is 4.79 Å². The van der Waals surface area contributed by atoms with Gasteiger partial charge >= 0.3 is 0 Å². The fourth-order valence-corrected chi connectivity index (χ4v) is 2.72. The molecule has 1 saturated heterocycles. The third-order valence-electron chi connectivity index (χ3n) is 3.80. The minimum Gasteiger partial charge on any atom is -0.342 e. The van der Waals surface area contributed by atoms with Crippen molar-refractivity contribution in [3.63, 3.8) is 0 Å². The van der Waals surface area contributed by atoms with E-state index >= 15 is 0 Å². The van der Waals surface area contributed by atoms with Crippen molar-refractivity contribution in [2.75, 3.05) is 13.1 Å². The normalized spacial score (nSPS) is 21.2. The zero-order valence-electron chi connectivity index (χ0n) is 12.1. The predicted molar refractivity (Wildman–Crippen MR) is 77.6 cm³/mol. The molecule has 3 heteroatoms. The number of nitrogens with two attached hydrogens (primary N) is 1. The van der Waals surface area contributed by atoms with Crippen molar-refractivity contribution in [1.29, 1.82) is 0 Å². The van der Waals surface area contributed by atoms with Crippen LogP contribution in [0.1, 0.15) is 37.4 Å². The van der Waals surface area contributed by atoms with Gasteiger partial charge in [-0.15, -0.1) is 0 Å². The second kappa shape index (κ2) is 5.74. The highest BCUT2D eigenvalue weighted by atomic mass is 16.2. The molecule has 2 atom stereocenters. The van der Waals surface area contributed by atoms with Gasteiger partial charge in [-0.2, -0.15) is 0 Å². The summed E-state index contributed by atoms with van der Waals surface area (Å²) < 4.78 is 0. The molecule has 1 aromatic rings. The van der Waals surface area contributed by atoms with Crippen LogP contribution < -0.4 is 5.73 Å². The van der Waals surface area contributed by atoms with Gasteiger partial charge in [-0.1, -0.05) is 43.7 Å². The number of benzene rings is 1. The lowest BCUT2D eigenvalue weighted by atomic mass is 9.92. The third-order valence-corrected chi connectivity index (χ3v) is 3.80. The van der Waals surface area contributed by atoms with E-state index in [1.54, 1.807) is 0 Å². The number of nitrogens with zero attached hydrogens (tertiary/aromatic N) is 1. The number of aryl methyl sites for hydroxylation is 1. The number of carbonyl (C=O) groups excluding carboxylic acids is 1. The lowest BCUT2D eigenvalue weighted by Crippen LogP contribution is -2.30. The van der Waals surface area contributed by atoms with E-state index in [0.29, 0.717) is 12.3 Å². The SMILES string of the molecule is Cc1ccc(C(N)C2CC(=O)N(CC(C)C)C2)cc1. The Hall–Kier alpha value is -1.35. The Morgan fingerprint density at radius 2 is 1.95 bits per heavy atom. The summed E-state index contributed by atoms with van der Waals surface area (Å²) in [6.45, 7) is 7.99. The second-order valence-electron chi connectivity index (χ2n) is 6.09. The molecule has 2 rings (SSSR count). The highest BCUT2D eigenvalue weighted by molar-refractivity contribution is 5.78. The van der Waals surface area contributed by atoms with Crippen molar-refractivity contribution in [2.45, 2.75) is 33.2 Å². The summed E-state index contributed by atoms with van der Waals surface area (Å²) in [5.74, 6) is 1.01. The van der Waals surface area contributed by atoms with Crippen LogP contribution in [0, 0.1) is 18.8 Å². The minimum absolute atomic E-state index is 0.0401. The molecule has 104 valence electrons. The van der Waals surface area contributed by atoms with Crippen molar-refractivity contribution in [1.82, 2.24) is 4.90 Å². The number of carbonyl (C=O) groups is 1. The summed E-state index contributed by atoms with van der Waals surface area (Å²) in [5.41, 5.74) is 8.70. The van der Waals surface area contributed by atoms with Gasteiger partial charge in [0.2, 0.25) is 5.91 Å². The summed E-state index contributed by atoms with van der Waals surface area (Å²) in [6, 6.07) is 8.28. The van der Waals surface area contributed by atoms with Gasteiger partial charge in [-0.3, -0.25) is 4.79 Å². The van der Waals surface area contributed by atoms with E-state index in [0.717, 1.165) is 18.7 Å². The lowest BCUT2D eigenvalue weighted by molar-refractivity contribution is -0.128. The van der Waals surface area contributed by atoms with Gasteiger partial charge in [0.1, 0.15) is 0 Å². The van der Waals surface area contributed by atoms with Crippen LogP contribution in [0.5, 0.6) is 0 Å². The Bertz CT molecular complexity index is 439. The van der Waals surface area contributed by atoms with E-state index in [-0.39, 0.29) is 17.9 Å². The molecule has 1 aliphatic heterocycles. The summed E-state index contributed by atoms with van der Waals surface area (Å²) in [5, 5.41) is 0. The van der Waals surface area contributed by atoms with Gasteiger partial charge in [-0.25, -0.2) is 0 Å². The van der Waals surface area contributed by atoms with Gasteiger partial charge in [0.05, 0.1) is 0 Å². The van der Waals surface area contributed by atoms with Crippen LogP contribution >= 0.6 is 0 Å². The summed E-state index contributed by atoms with van der Waals surface area (Å²) in [6.07, 6.45) is 0.585. The maximum absolute atomic E-state index is 12.0. The Morgan fingerprint density at radius 1 is 1.32 bits per heavy atom. The number of likely N-dealkylation sites (tertiary alicyclic amines) is 1. The molecule has 1 heterocycles. The minimum atomic E-state index is -0.0401. The highest BCUT2D eigenvalue weighted by Gasteiger charge is 2.33. The molecule has 0 radical (unpaired) electrons. The van der Waals surface area contributed by atoms with Gasteiger partial charge in [-0.05, 0) is 18.4 Å². The van der Waals surface area contributed by atoms with Gasteiger partial charge in [0.15, 0.2) is 0 Å². The Kier molecular flexibility index (Phi) is 4.25. The fraction of sp³-hybridized carbons (Fsp3) is 0.562.